The zero-order valence-electron chi connectivity index (χ0n) is 16.6. The van der Waals surface area contributed by atoms with E-state index in [2.05, 4.69) is 18.2 Å². The highest BCUT2D eigenvalue weighted by atomic mass is 16.5. The average molecular weight is 386 g/mol. The van der Waals surface area contributed by atoms with Gasteiger partial charge >= 0.3 is 0 Å². The zero-order valence-corrected chi connectivity index (χ0v) is 16.6. The van der Waals surface area contributed by atoms with Gasteiger partial charge in [-0.3, -0.25) is 0 Å². The highest BCUT2D eigenvalue weighted by Crippen LogP contribution is 2.38. The molecule has 0 saturated carbocycles. The third kappa shape index (κ3) is 3.83. The van der Waals surface area contributed by atoms with E-state index in [0.29, 0.717) is 17.2 Å². The molecule has 1 aromatic heterocycles. The number of rotatable bonds is 6. The van der Waals surface area contributed by atoms with Crippen molar-refractivity contribution in [3.63, 3.8) is 0 Å². The van der Waals surface area contributed by atoms with Gasteiger partial charge in [0, 0.05) is 10.9 Å². The lowest BCUT2D eigenvalue weighted by Gasteiger charge is -2.12. The van der Waals surface area contributed by atoms with Crippen molar-refractivity contribution < 1.29 is 18.6 Å². The summed E-state index contributed by atoms with van der Waals surface area (Å²) in [5, 5.41) is 1.08. The van der Waals surface area contributed by atoms with Crippen molar-refractivity contribution in [2.75, 3.05) is 21.3 Å². The van der Waals surface area contributed by atoms with E-state index in [0.717, 1.165) is 33.4 Å². The number of ether oxygens (including phenoxy) is 3. The molecule has 0 aliphatic carbocycles. The van der Waals surface area contributed by atoms with Gasteiger partial charge in [0.25, 0.3) is 0 Å². The number of hydrogen-bond donors (Lipinski definition) is 0. The van der Waals surface area contributed by atoms with Gasteiger partial charge in [-0.1, -0.05) is 54.6 Å². The van der Waals surface area contributed by atoms with Gasteiger partial charge in [-0.05, 0) is 35.4 Å². The monoisotopic (exact) mass is 386 g/mol. The van der Waals surface area contributed by atoms with Crippen LogP contribution >= 0.6 is 0 Å². The molecule has 0 amide bonds. The summed E-state index contributed by atoms with van der Waals surface area (Å²) in [6.07, 6.45) is 4.04. The summed E-state index contributed by atoms with van der Waals surface area (Å²) in [4.78, 5) is 0. The molecule has 0 spiro atoms. The second-order valence-electron chi connectivity index (χ2n) is 6.57. The second-order valence-corrected chi connectivity index (χ2v) is 6.57. The highest BCUT2D eigenvalue weighted by molar-refractivity contribution is 5.86. The molecule has 4 heteroatoms. The average Bonchev–Trinajstić information content (AvgIpc) is 3.21. The van der Waals surface area contributed by atoms with Crippen LogP contribution in [0.4, 0.5) is 0 Å². The van der Waals surface area contributed by atoms with Crippen molar-refractivity contribution in [3.8, 4) is 28.6 Å². The van der Waals surface area contributed by atoms with Gasteiger partial charge in [0.1, 0.15) is 11.3 Å². The van der Waals surface area contributed by atoms with Crippen LogP contribution in [-0.4, -0.2) is 21.3 Å². The van der Waals surface area contributed by atoms with Gasteiger partial charge < -0.3 is 18.6 Å². The first-order valence-electron chi connectivity index (χ1n) is 9.29. The molecule has 29 heavy (non-hydrogen) atoms. The molecule has 1 heterocycles. The number of furan rings is 1. The van der Waals surface area contributed by atoms with E-state index in [-0.39, 0.29) is 0 Å². The Hall–Kier alpha value is -3.66. The Morgan fingerprint density at radius 2 is 1.38 bits per heavy atom. The Kier molecular flexibility index (Phi) is 5.25. The maximum atomic E-state index is 6.06. The Bertz CT molecular complexity index is 1130. The normalized spacial score (nSPS) is 11.1. The summed E-state index contributed by atoms with van der Waals surface area (Å²) in [6, 6.07) is 22.2. The van der Waals surface area contributed by atoms with Crippen molar-refractivity contribution in [1.82, 2.24) is 0 Å². The van der Waals surface area contributed by atoms with Crippen molar-refractivity contribution in [2.45, 2.75) is 0 Å². The summed E-state index contributed by atoms with van der Waals surface area (Å²) in [5.41, 5.74) is 3.92. The predicted octanol–water partition coefficient (Wildman–Crippen LogP) is 6.30. The molecular weight excluding hydrogens is 364 g/mol. The lowest BCUT2D eigenvalue weighted by molar-refractivity contribution is 0.324. The Morgan fingerprint density at radius 3 is 2.03 bits per heavy atom. The van der Waals surface area contributed by atoms with Crippen LogP contribution in [0.15, 0.2) is 71.1 Å². The third-order valence-corrected chi connectivity index (χ3v) is 4.76. The van der Waals surface area contributed by atoms with Crippen molar-refractivity contribution >= 4 is 23.1 Å². The molecule has 0 saturated heterocycles. The molecule has 4 rings (SSSR count). The molecule has 146 valence electrons. The molecule has 0 radical (unpaired) electrons. The third-order valence-electron chi connectivity index (χ3n) is 4.76. The van der Waals surface area contributed by atoms with Crippen LogP contribution in [0.3, 0.4) is 0 Å². The van der Waals surface area contributed by atoms with E-state index in [9.17, 15) is 0 Å². The summed E-state index contributed by atoms with van der Waals surface area (Å²) in [7, 11) is 4.82. The van der Waals surface area contributed by atoms with Crippen LogP contribution in [-0.2, 0) is 0 Å². The molecule has 4 nitrogen and oxygen atoms in total. The molecular formula is C25H22O4. The first-order valence-corrected chi connectivity index (χ1v) is 9.29. The van der Waals surface area contributed by atoms with Crippen LogP contribution < -0.4 is 14.2 Å². The standard InChI is InChI=1S/C25H22O4/c1-26-23-14-18(15-24(27-2)25(23)28-3)10-9-17-11-12-20-16-22(29-21(20)13-17)19-7-5-4-6-8-19/h4-16H,1-3H3. The molecule has 0 aliphatic rings. The topological polar surface area (TPSA) is 40.8 Å². The quantitative estimate of drug-likeness (QED) is 0.365. The van der Waals surface area contributed by atoms with Crippen molar-refractivity contribution in [3.05, 3.63) is 77.9 Å². The minimum atomic E-state index is 0.581. The largest absolute Gasteiger partial charge is 0.493 e. The smallest absolute Gasteiger partial charge is 0.203 e. The van der Waals surface area contributed by atoms with Crippen LogP contribution in [0.5, 0.6) is 17.2 Å². The maximum absolute atomic E-state index is 6.06. The van der Waals surface area contributed by atoms with Gasteiger partial charge in [0.05, 0.1) is 21.3 Å². The minimum absolute atomic E-state index is 0.581. The van der Waals surface area contributed by atoms with Crippen LogP contribution in [0, 0.1) is 0 Å². The maximum Gasteiger partial charge on any atom is 0.203 e. The zero-order chi connectivity index (χ0) is 20.2. The summed E-state index contributed by atoms with van der Waals surface area (Å²) in [5.74, 6) is 2.70. The highest BCUT2D eigenvalue weighted by Gasteiger charge is 2.12. The van der Waals surface area contributed by atoms with Gasteiger partial charge in [0.2, 0.25) is 5.75 Å². The molecule has 0 atom stereocenters. The summed E-state index contributed by atoms with van der Waals surface area (Å²) in [6.45, 7) is 0. The lowest BCUT2D eigenvalue weighted by atomic mass is 10.1. The fraction of sp³-hybridized carbons (Fsp3) is 0.120. The fourth-order valence-corrected chi connectivity index (χ4v) is 3.29. The molecule has 0 fully saturated rings. The van der Waals surface area contributed by atoms with E-state index < -0.39 is 0 Å². The van der Waals surface area contributed by atoms with Gasteiger partial charge in [-0.25, -0.2) is 0 Å². The molecule has 0 aliphatic heterocycles. The van der Waals surface area contributed by atoms with E-state index >= 15 is 0 Å². The molecule has 0 unspecified atom stereocenters. The van der Waals surface area contributed by atoms with E-state index in [4.69, 9.17) is 18.6 Å². The summed E-state index contributed by atoms with van der Waals surface area (Å²) >= 11 is 0. The molecule has 4 aromatic rings. The lowest BCUT2D eigenvalue weighted by Crippen LogP contribution is -1.95. The predicted molar refractivity (Wildman–Crippen MR) is 117 cm³/mol. The minimum Gasteiger partial charge on any atom is -0.493 e. The molecule has 0 bridgehead atoms. The fourth-order valence-electron chi connectivity index (χ4n) is 3.29. The number of fused-ring (bicyclic) bond motifs is 1. The number of hydrogen-bond acceptors (Lipinski definition) is 4. The van der Waals surface area contributed by atoms with Crippen molar-refractivity contribution in [1.29, 1.82) is 0 Å². The summed E-state index contributed by atoms with van der Waals surface area (Å²) < 4.78 is 22.3. The Balaban J connectivity index is 1.65. The van der Waals surface area contributed by atoms with E-state index in [1.54, 1.807) is 21.3 Å². The second kappa shape index (κ2) is 8.15. The van der Waals surface area contributed by atoms with Gasteiger partial charge in [0.15, 0.2) is 11.5 Å². The van der Waals surface area contributed by atoms with Crippen molar-refractivity contribution in [2.24, 2.45) is 0 Å². The van der Waals surface area contributed by atoms with E-state index in [1.165, 1.54) is 0 Å². The van der Waals surface area contributed by atoms with Crippen LogP contribution in [0.25, 0.3) is 34.4 Å². The Morgan fingerprint density at radius 1 is 0.690 bits per heavy atom. The van der Waals surface area contributed by atoms with Gasteiger partial charge in [-0.15, -0.1) is 0 Å². The molecule has 3 aromatic carbocycles. The van der Waals surface area contributed by atoms with Crippen LogP contribution in [0.1, 0.15) is 11.1 Å². The molecule has 0 N–H and O–H groups in total. The number of methoxy groups -OCH3 is 3. The first-order chi connectivity index (χ1) is 14.2. The SMILES string of the molecule is COc1cc(C=Cc2ccc3cc(-c4ccccc4)oc3c2)cc(OC)c1OC. The van der Waals surface area contributed by atoms with E-state index in [1.807, 2.05) is 60.7 Å². The van der Waals surface area contributed by atoms with Gasteiger partial charge in [-0.2, -0.15) is 0 Å². The first kappa shape index (κ1) is 18.7. The number of benzene rings is 3. The Labute approximate surface area is 169 Å². The van der Waals surface area contributed by atoms with Crippen LogP contribution in [0.2, 0.25) is 0 Å².